The second-order valence-corrected chi connectivity index (χ2v) is 3.30. The molecule has 2 rings (SSSR count). The summed E-state index contributed by atoms with van der Waals surface area (Å²) in [4.78, 5) is 0. The summed E-state index contributed by atoms with van der Waals surface area (Å²) in [5.41, 5.74) is 2.17. The van der Waals surface area contributed by atoms with E-state index in [1.54, 1.807) is 0 Å². The van der Waals surface area contributed by atoms with Crippen LogP contribution in [0.3, 0.4) is 0 Å². The zero-order chi connectivity index (χ0) is 9.26. The van der Waals surface area contributed by atoms with E-state index in [0.29, 0.717) is 0 Å². The third-order valence-corrected chi connectivity index (χ3v) is 2.11. The van der Waals surface area contributed by atoms with Crippen LogP contribution in [0.1, 0.15) is 24.7 Å². The number of aromatic nitrogens is 3. The van der Waals surface area contributed by atoms with Gasteiger partial charge in [0.2, 0.25) is 0 Å². The fraction of sp³-hybridized carbons (Fsp3) is 0.400. The molecule has 13 heavy (non-hydrogen) atoms. The minimum Gasteiger partial charge on any atom is -0.286 e. The molecule has 0 bridgehead atoms. The van der Waals surface area contributed by atoms with E-state index in [1.807, 2.05) is 12.3 Å². The highest BCUT2D eigenvalue weighted by atomic mass is 15.2. The Bertz CT molecular complexity index is 417. The Morgan fingerprint density at radius 3 is 3.00 bits per heavy atom. The van der Waals surface area contributed by atoms with Gasteiger partial charge in [0.1, 0.15) is 5.82 Å². The molecule has 0 unspecified atom stereocenters. The van der Waals surface area contributed by atoms with Crippen LogP contribution in [0.25, 0.3) is 5.65 Å². The Balaban J connectivity index is 2.55. The molecule has 0 N–H and O–H groups in total. The first-order chi connectivity index (χ1) is 6.31. The van der Waals surface area contributed by atoms with Gasteiger partial charge in [-0.15, -0.1) is 10.2 Å². The molecule has 3 nitrogen and oxygen atoms in total. The van der Waals surface area contributed by atoms with Gasteiger partial charge in [-0.3, -0.25) is 4.40 Å². The molecule has 0 fully saturated rings. The van der Waals surface area contributed by atoms with E-state index in [2.05, 4.69) is 34.5 Å². The summed E-state index contributed by atoms with van der Waals surface area (Å²) >= 11 is 0. The van der Waals surface area contributed by atoms with Crippen molar-refractivity contribution in [2.45, 2.75) is 26.7 Å². The predicted molar refractivity (Wildman–Crippen MR) is 51.7 cm³/mol. The van der Waals surface area contributed by atoms with E-state index < -0.39 is 0 Å². The summed E-state index contributed by atoms with van der Waals surface area (Å²) in [6.07, 6.45) is 4.13. The van der Waals surface area contributed by atoms with Crippen LogP contribution in [0.5, 0.6) is 0 Å². The fourth-order valence-electron chi connectivity index (χ4n) is 1.44. The van der Waals surface area contributed by atoms with Crippen molar-refractivity contribution in [3.63, 3.8) is 0 Å². The molecular formula is C10H13N3. The number of hydrogen-bond donors (Lipinski definition) is 0. The summed E-state index contributed by atoms with van der Waals surface area (Å²) in [5, 5.41) is 8.25. The van der Waals surface area contributed by atoms with Gasteiger partial charge < -0.3 is 0 Å². The second-order valence-electron chi connectivity index (χ2n) is 3.30. The van der Waals surface area contributed by atoms with Gasteiger partial charge in [-0.25, -0.2) is 0 Å². The highest BCUT2D eigenvalue weighted by molar-refractivity contribution is 5.40. The van der Waals surface area contributed by atoms with Crippen molar-refractivity contribution in [2.75, 3.05) is 0 Å². The van der Waals surface area contributed by atoms with E-state index >= 15 is 0 Å². The molecule has 0 aromatic carbocycles. The maximum atomic E-state index is 4.14. The maximum absolute atomic E-state index is 4.14. The first kappa shape index (κ1) is 8.23. The van der Waals surface area contributed by atoms with E-state index in [0.717, 1.165) is 24.3 Å². The number of hydrogen-bond acceptors (Lipinski definition) is 2. The molecule has 2 aromatic heterocycles. The van der Waals surface area contributed by atoms with Gasteiger partial charge in [0.15, 0.2) is 5.65 Å². The summed E-state index contributed by atoms with van der Waals surface area (Å²) < 4.78 is 2.05. The van der Waals surface area contributed by atoms with Crippen LogP contribution in [0.15, 0.2) is 18.3 Å². The number of aryl methyl sites for hydroxylation is 2. The summed E-state index contributed by atoms with van der Waals surface area (Å²) in [6.45, 7) is 4.21. The number of rotatable bonds is 2. The topological polar surface area (TPSA) is 30.2 Å². The minimum absolute atomic E-state index is 0.948. The average molecular weight is 175 g/mol. The zero-order valence-corrected chi connectivity index (χ0v) is 7.99. The second kappa shape index (κ2) is 3.17. The zero-order valence-electron chi connectivity index (χ0n) is 7.99. The van der Waals surface area contributed by atoms with Crippen molar-refractivity contribution in [3.8, 4) is 0 Å². The van der Waals surface area contributed by atoms with E-state index in [-0.39, 0.29) is 0 Å². The average Bonchev–Trinajstić information content (AvgIpc) is 2.49. The molecular weight excluding hydrogens is 162 g/mol. The lowest BCUT2D eigenvalue weighted by Crippen LogP contribution is -1.93. The number of pyridine rings is 1. The molecule has 0 aliphatic rings. The lowest BCUT2D eigenvalue weighted by molar-refractivity contribution is 0.818. The van der Waals surface area contributed by atoms with Crippen molar-refractivity contribution in [3.05, 3.63) is 29.7 Å². The number of fused-ring (bicyclic) bond motifs is 1. The third kappa shape index (κ3) is 1.41. The summed E-state index contributed by atoms with van der Waals surface area (Å²) in [6, 6.07) is 4.13. The highest BCUT2D eigenvalue weighted by Crippen LogP contribution is 2.07. The maximum Gasteiger partial charge on any atom is 0.161 e. The van der Waals surface area contributed by atoms with Crippen LogP contribution in [0.2, 0.25) is 0 Å². The van der Waals surface area contributed by atoms with Gasteiger partial charge in [-0.1, -0.05) is 6.92 Å². The molecule has 0 aliphatic heterocycles. The Labute approximate surface area is 77.4 Å². The first-order valence-electron chi connectivity index (χ1n) is 4.61. The van der Waals surface area contributed by atoms with Gasteiger partial charge >= 0.3 is 0 Å². The molecule has 68 valence electrons. The first-order valence-corrected chi connectivity index (χ1v) is 4.61. The predicted octanol–water partition coefficient (Wildman–Crippen LogP) is 1.99. The third-order valence-electron chi connectivity index (χ3n) is 2.11. The number of nitrogens with zero attached hydrogens (tertiary/aromatic N) is 3. The van der Waals surface area contributed by atoms with Crippen molar-refractivity contribution >= 4 is 5.65 Å². The SMILES string of the molecule is CCCc1nnc2cc(C)ccn12. The molecule has 0 atom stereocenters. The van der Waals surface area contributed by atoms with E-state index in [9.17, 15) is 0 Å². The Morgan fingerprint density at radius 2 is 2.23 bits per heavy atom. The highest BCUT2D eigenvalue weighted by Gasteiger charge is 2.02. The van der Waals surface area contributed by atoms with Crippen LogP contribution >= 0.6 is 0 Å². The fourth-order valence-corrected chi connectivity index (χ4v) is 1.44. The standard InChI is InChI=1S/C10H13N3/c1-3-4-9-11-12-10-7-8(2)5-6-13(9)10/h5-7H,3-4H2,1-2H3. The molecule has 3 heteroatoms. The Kier molecular flexibility index (Phi) is 2.00. The molecule has 2 heterocycles. The smallest absolute Gasteiger partial charge is 0.161 e. The molecule has 0 aliphatic carbocycles. The van der Waals surface area contributed by atoms with Crippen LogP contribution in [-0.4, -0.2) is 14.6 Å². The van der Waals surface area contributed by atoms with Gasteiger partial charge in [-0.2, -0.15) is 0 Å². The van der Waals surface area contributed by atoms with Crippen molar-refractivity contribution in [1.82, 2.24) is 14.6 Å². The quantitative estimate of drug-likeness (QED) is 0.698. The van der Waals surface area contributed by atoms with E-state index in [4.69, 9.17) is 0 Å². The van der Waals surface area contributed by atoms with Gasteiger partial charge in [0.05, 0.1) is 0 Å². The summed E-state index contributed by atoms with van der Waals surface area (Å²) in [5.74, 6) is 1.05. The molecule has 0 saturated heterocycles. The van der Waals surface area contributed by atoms with Crippen LogP contribution < -0.4 is 0 Å². The molecule has 0 saturated carbocycles. The molecule has 0 amide bonds. The van der Waals surface area contributed by atoms with Gasteiger partial charge in [0, 0.05) is 12.6 Å². The van der Waals surface area contributed by atoms with E-state index in [1.165, 1.54) is 5.56 Å². The van der Waals surface area contributed by atoms with Crippen molar-refractivity contribution in [1.29, 1.82) is 0 Å². The largest absolute Gasteiger partial charge is 0.286 e. The summed E-state index contributed by atoms with van der Waals surface area (Å²) in [7, 11) is 0. The van der Waals surface area contributed by atoms with Crippen LogP contribution in [-0.2, 0) is 6.42 Å². The Hall–Kier alpha value is -1.38. The lowest BCUT2D eigenvalue weighted by atomic mass is 10.3. The molecule has 2 aromatic rings. The van der Waals surface area contributed by atoms with Crippen molar-refractivity contribution < 1.29 is 0 Å². The van der Waals surface area contributed by atoms with Crippen LogP contribution in [0, 0.1) is 6.92 Å². The van der Waals surface area contributed by atoms with Crippen molar-refractivity contribution in [2.24, 2.45) is 0 Å². The normalized spacial score (nSPS) is 10.9. The monoisotopic (exact) mass is 175 g/mol. The molecule has 0 radical (unpaired) electrons. The van der Waals surface area contributed by atoms with Gasteiger partial charge in [0.25, 0.3) is 0 Å². The Morgan fingerprint density at radius 1 is 1.38 bits per heavy atom. The van der Waals surface area contributed by atoms with Gasteiger partial charge in [-0.05, 0) is 31.0 Å². The lowest BCUT2D eigenvalue weighted by Gasteiger charge is -1.97. The van der Waals surface area contributed by atoms with Crippen LogP contribution in [0.4, 0.5) is 0 Å². The molecule has 0 spiro atoms. The minimum atomic E-state index is 0.948.